The standard InChI is InChI=1S/C10H8Cl2O2/c1-6(4-10(13)14)7-2-3-8(11)9(12)5-7/h2-5H,1H3,(H,13,14). The number of carboxylic acid groups (broad SMARTS) is 1. The Balaban J connectivity index is 3.09. The molecule has 1 rings (SSSR count). The van der Waals surface area contributed by atoms with Crippen molar-refractivity contribution in [2.24, 2.45) is 0 Å². The van der Waals surface area contributed by atoms with Gasteiger partial charge in [-0.05, 0) is 30.2 Å². The van der Waals surface area contributed by atoms with Gasteiger partial charge in [-0.2, -0.15) is 0 Å². The third-order valence-corrected chi connectivity index (χ3v) is 2.45. The van der Waals surface area contributed by atoms with Crippen molar-refractivity contribution in [3.8, 4) is 0 Å². The predicted octanol–water partition coefficient (Wildman–Crippen LogP) is 3.48. The molecule has 0 heterocycles. The van der Waals surface area contributed by atoms with Gasteiger partial charge in [0.25, 0.3) is 0 Å². The van der Waals surface area contributed by atoms with E-state index in [1.54, 1.807) is 25.1 Å². The smallest absolute Gasteiger partial charge is 0.328 e. The minimum Gasteiger partial charge on any atom is -0.478 e. The lowest BCUT2D eigenvalue weighted by molar-refractivity contribution is -0.131. The van der Waals surface area contributed by atoms with Crippen molar-refractivity contribution in [3.63, 3.8) is 0 Å². The average Bonchev–Trinajstić information content (AvgIpc) is 2.08. The molecule has 0 spiro atoms. The zero-order valence-electron chi connectivity index (χ0n) is 7.42. The van der Waals surface area contributed by atoms with E-state index in [2.05, 4.69) is 0 Å². The molecular weight excluding hydrogens is 223 g/mol. The van der Waals surface area contributed by atoms with Crippen LogP contribution < -0.4 is 0 Å². The second kappa shape index (κ2) is 4.49. The highest BCUT2D eigenvalue weighted by Gasteiger charge is 2.02. The van der Waals surface area contributed by atoms with Gasteiger partial charge in [0.05, 0.1) is 10.0 Å². The predicted molar refractivity (Wildman–Crippen MR) is 57.7 cm³/mol. The number of rotatable bonds is 2. The third-order valence-electron chi connectivity index (χ3n) is 1.71. The Morgan fingerprint density at radius 2 is 2.00 bits per heavy atom. The van der Waals surface area contributed by atoms with Gasteiger partial charge >= 0.3 is 5.97 Å². The fraction of sp³-hybridized carbons (Fsp3) is 0.100. The monoisotopic (exact) mass is 230 g/mol. The van der Waals surface area contributed by atoms with Crippen molar-refractivity contribution in [1.29, 1.82) is 0 Å². The maximum absolute atomic E-state index is 10.4. The third kappa shape index (κ3) is 2.76. The van der Waals surface area contributed by atoms with Gasteiger partial charge in [0.1, 0.15) is 0 Å². The molecule has 0 aliphatic rings. The van der Waals surface area contributed by atoms with Crippen molar-refractivity contribution >= 4 is 34.7 Å². The summed E-state index contributed by atoms with van der Waals surface area (Å²) < 4.78 is 0. The summed E-state index contributed by atoms with van der Waals surface area (Å²) in [7, 11) is 0. The molecule has 0 aromatic heterocycles. The summed E-state index contributed by atoms with van der Waals surface area (Å²) in [5, 5.41) is 9.41. The van der Waals surface area contributed by atoms with Crippen molar-refractivity contribution in [2.45, 2.75) is 6.92 Å². The molecule has 0 aliphatic carbocycles. The van der Waals surface area contributed by atoms with E-state index >= 15 is 0 Å². The van der Waals surface area contributed by atoms with Crippen LogP contribution in [0.15, 0.2) is 24.3 Å². The maximum atomic E-state index is 10.4. The van der Waals surface area contributed by atoms with Gasteiger partial charge in [-0.1, -0.05) is 29.3 Å². The Hall–Kier alpha value is -0.990. The van der Waals surface area contributed by atoms with E-state index in [4.69, 9.17) is 28.3 Å². The molecular formula is C10H8Cl2O2. The van der Waals surface area contributed by atoms with Crippen LogP contribution in [0, 0.1) is 0 Å². The Morgan fingerprint density at radius 1 is 1.36 bits per heavy atom. The van der Waals surface area contributed by atoms with Crippen LogP contribution in [0.3, 0.4) is 0 Å². The first-order valence-electron chi connectivity index (χ1n) is 3.87. The van der Waals surface area contributed by atoms with Gasteiger partial charge < -0.3 is 5.11 Å². The van der Waals surface area contributed by atoms with E-state index in [9.17, 15) is 4.79 Å². The number of halogens is 2. The molecule has 0 saturated heterocycles. The molecule has 0 fully saturated rings. The van der Waals surface area contributed by atoms with Gasteiger partial charge in [0.15, 0.2) is 0 Å². The Bertz CT molecular complexity index is 397. The van der Waals surface area contributed by atoms with Gasteiger partial charge in [-0.15, -0.1) is 0 Å². The number of carboxylic acids is 1. The van der Waals surface area contributed by atoms with E-state index in [1.807, 2.05) is 0 Å². The van der Waals surface area contributed by atoms with Crippen LogP contribution in [0.4, 0.5) is 0 Å². The van der Waals surface area contributed by atoms with E-state index in [-0.39, 0.29) is 0 Å². The first-order valence-corrected chi connectivity index (χ1v) is 4.63. The largest absolute Gasteiger partial charge is 0.478 e. The number of aliphatic carboxylic acids is 1. The molecule has 14 heavy (non-hydrogen) atoms. The molecule has 1 aromatic rings. The highest BCUT2D eigenvalue weighted by Crippen LogP contribution is 2.25. The highest BCUT2D eigenvalue weighted by molar-refractivity contribution is 6.42. The summed E-state index contributed by atoms with van der Waals surface area (Å²) in [6.45, 7) is 1.70. The number of carbonyl (C=O) groups is 1. The van der Waals surface area contributed by atoms with Gasteiger partial charge in [0.2, 0.25) is 0 Å². The molecule has 74 valence electrons. The Labute approximate surface area is 91.8 Å². The molecule has 4 heteroatoms. The molecule has 0 amide bonds. The quantitative estimate of drug-likeness (QED) is 0.791. The molecule has 1 N–H and O–H groups in total. The van der Waals surface area contributed by atoms with Crippen molar-refractivity contribution in [3.05, 3.63) is 39.9 Å². The van der Waals surface area contributed by atoms with Gasteiger partial charge in [0, 0.05) is 6.08 Å². The first-order chi connectivity index (χ1) is 6.50. The van der Waals surface area contributed by atoms with Crippen LogP contribution in [0.25, 0.3) is 5.57 Å². The lowest BCUT2D eigenvalue weighted by atomic mass is 10.1. The van der Waals surface area contributed by atoms with Crippen molar-refractivity contribution in [2.75, 3.05) is 0 Å². The normalized spacial score (nSPS) is 11.5. The minimum absolute atomic E-state index is 0.419. The summed E-state index contributed by atoms with van der Waals surface area (Å²) in [6.07, 6.45) is 1.12. The van der Waals surface area contributed by atoms with Crippen LogP contribution in [0.1, 0.15) is 12.5 Å². The summed E-state index contributed by atoms with van der Waals surface area (Å²) in [4.78, 5) is 10.4. The summed E-state index contributed by atoms with van der Waals surface area (Å²) in [5.41, 5.74) is 1.39. The summed E-state index contributed by atoms with van der Waals surface area (Å²) in [5.74, 6) is -0.978. The second-order valence-corrected chi connectivity index (χ2v) is 3.61. The maximum Gasteiger partial charge on any atom is 0.328 e. The zero-order chi connectivity index (χ0) is 10.7. The molecule has 2 nitrogen and oxygen atoms in total. The minimum atomic E-state index is -0.978. The Morgan fingerprint density at radius 3 is 2.50 bits per heavy atom. The fourth-order valence-electron chi connectivity index (χ4n) is 1.01. The van der Waals surface area contributed by atoms with E-state index in [1.165, 1.54) is 0 Å². The molecule has 0 aliphatic heterocycles. The average molecular weight is 231 g/mol. The molecule has 1 aromatic carbocycles. The molecule has 0 radical (unpaired) electrons. The number of hydrogen-bond donors (Lipinski definition) is 1. The van der Waals surface area contributed by atoms with E-state index in [0.29, 0.717) is 15.6 Å². The van der Waals surface area contributed by atoms with E-state index < -0.39 is 5.97 Å². The Kier molecular flexibility index (Phi) is 3.55. The first kappa shape index (κ1) is 11.1. The van der Waals surface area contributed by atoms with E-state index in [0.717, 1.165) is 11.6 Å². The second-order valence-electron chi connectivity index (χ2n) is 2.79. The molecule has 0 bridgehead atoms. The number of benzene rings is 1. The van der Waals surface area contributed by atoms with Crippen LogP contribution in [0.2, 0.25) is 10.0 Å². The van der Waals surface area contributed by atoms with Crippen LogP contribution in [-0.4, -0.2) is 11.1 Å². The van der Waals surface area contributed by atoms with Crippen LogP contribution in [0.5, 0.6) is 0 Å². The molecule has 0 unspecified atom stereocenters. The van der Waals surface area contributed by atoms with Crippen LogP contribution in [-0.2, 0) is 4.79 Å². The van der Waals surface area contributed by atoms with Crippen LogP contribution >= 0.6 is 23.2 Å². The summed E-state index contributed by atoms with van der Waals surface area (Å²) >= 11 is 11.5. The SMILES string of the molecule is CC(=CC(=O)O)c1ccc(Cl)c(Cl)c1. The zero-order valence-corrected chi connectivity index (χ0v) is 8.93. The fourth-order valence-corrected chi connectivity index (χ4v) is 1.31. The molecule has 0 atom stereocenters. The highest BCUT2D eigenvalue weighted by atomic mass is 35.5. The van der Waals surface area contributed by atoms with Gasteiger partial charge in [-0.3, -0.25) is 0 Å². The summed E-state index contributed by atoms with van der Waals surface area (Å²) in [6, 6.07) is 5.00. The topological polar surface area (TPSA) is 37.3 Å². The number of hydrogen-bond acceptors (Lipinski definition) is 1. The number of allylic oxidation sites excluding steroid dienone is 1. The lowest BCUT2D eigenvalue weighted by Crippen LogP contribution is -1.90. The van der Waals surface area contributed by atoms with Crippen molar-refractivity contribution in [1.82, 2.24) is 0 Å². The van der Waals surface area contributed by atoms with Gasteiger partial charge in [-0.25, -0.2) is 4.79 Å². The lowest BCUT2D eigenvalue weighted by Gasteiger charge is -2.02. The van der Waals surface area contributed by atoms with Crippen molar-refractivity contribution < 1.29 is 9.90 Å². The molecule has 0 saturated carbocycles.